The van der Waals surface area contributed by atoms with Crippen molar-refractivity contribution in [2.24, 2.45) is 0 Å². The monoisotopic (exact) mass is 247 g/mol. The van der Waals surface area contributed by atoms with Crippen molar-refractivity contribution in [1.29, 1.82) is 0 Å². The topological polar surface area (TPSA) is 66.4 Å². The van der Waals surface area contributed by atoms with Gasteiger partial charge in [0.05, 0.1) is 17.3 Å². The second kappa shape index (κ2) is 5.72. The van der Waals surface area contributed by atoms with Gasteiger partial charge in [0, 0.05) is 11.3 Å². The van der Waals surface area contributed by atoms with E-state index >= 15 is 0 Å². The number of nitrogens with one attached hydrogen (secondary N) is 1. The maximum absolute atomic E-state index is 11.1. The molecule has 15 heavy (non-hydrogen) atoms. The molecular weight excluding hydrogens is 238 g/mol. The first-order chi connectivity index (χ1) is 7.08. The van der Waals surface area contributed by atoms with Gasteiger partial charge in [-0.25, -0.2) is 0 Å². The first-order valence-electron chi connectivity index (χ1n) is 4.30. The van der Waals surface area contributed by atoms with Crippen LogP contribution in [0.4, 0.5) is 0 Å². The Balaban J connectivity index is 2.25. The van der Waals surface area contributed by atoms with Crippen molar-refractivity contribution in [3.8, 4) is 0 Å². The molecule has 1 heterocycles. The van der Waals surface area contributed by atoms with Gasteiger partial charge in [-0.15, -0.1) is 11.3 Å². The van der Waals surface area contributed by atoms with Crippen molar-refractivity contribution in [2.75, 3.05) is 0 Å². The highest BCUT2D eigenvalue weighted by Gasteiger charge is 2.05. The molecule has 0 bridgehead atoms. The summed E-state index contributed by atoms with van der Waals surface area (Å²) >= 11 is 7.10. The molecule has 2 N–H and O–H groups in total. The minimum absolute atomic E-state index is 0.00837. The summed E-state index contributed by atoms with van der Waals surface area (Å²) in [4.78, 5) is 22.3. The lowest BCUT2D eigenvalue weighted by atomic mass is 10.3. The first-order valence-corrected chi connectivity index (χ1v) is 5.50. The van der Waals surface area contributed by atoms with Crippen molar-refractivity contribution in [1.82, 2.24) is 5.32 Å². The number of carboxylic acids is 1. The molecule has 0 radical (unpaired) electrons. The van der Waals surface area contributed by atoms with Crippen LogP contribution in [0.5, 0.6) is 0 Å². The normalized spacial score (nSPS) is 9.93. The quantitative estimate of drug-likeness (QED) is 0.835. The zero-order chi connectivity index (χ0) is 11.3. The zero-order valence-electron chi connectivity index (χ0n) is 7.83. The van der Waals surface area contributed by atoms with E-state index in [1.165, 1.54) is 11.3 Å². The summed E-state index contributed by atoms with van der Waals surface area (Å²) in [5.74, 6) is -1.23. The number of hydrogen-bond acceptors (Lipinski definition) is 3. The predicted octanol–water partition coefficient (Wildman–Crippen LogP) is 1.88. The molecular formula is C9H10ClNO3S. The Bertz CT molecular complexity index is 364. The summed E-state index contributed by atoms with van der Waals surface area (Å²) in [6.07, 6.45) is -0.133. The van der Waals surface area contributed by atoms with Gasteiger partial charge in [-0.1, -0.05) is 11.6 Å². The van der Waals surface area contributed by atoms with Gasteiger partial charge < -0.3 is 10.4 Å². The molecule has 0 saturated carbocycles. The van der Waals surface area contributed by atoms with Crippen molar-refractivity contribution in [3.63, 3.8) is 0 Å². The van der Waals surface area contributed by atoms with E-state index in [0.29, 0.717) is 10.9 Å². The molecule has 0 aliphatic heterocycles. The van der Waals surface area contributed by atoms with Crippen LogP contribution >= 0.6 is 22.9 Å². The fraction of sp³-hybridized carbons (Fsp3) is 0.333. The molecule has 1 amide bonds. The Morgan fingerprint density at radius 1 is 1.40 bits per heavy atom. The molecule has 1 rings (SSSR count). The van der Waals surface area contributed by atoms with Crippen LogP contribution in [0.25, 0.3) is 0 Å². The molecule has 4 nitrogen and oxygen atoms in total. The summed E-state index contributed by atoms with van der Waals surface area (Å²) in [5, 5.41) is 11.0. The molecule has 0 aromatic carbocycles. The number of aliphatic carboxylic acids is 1. The minimum atomic E-state index is -0.968. The highest BCUT2D eigenvalue weighted by molar-refractivity contribution is 7.16. The highest BCUT2D eigenvalue weighted by Crippen LogP contribution is 2.20. The van der Waals surface area contributed by atoms with Gasteiger partial charge in [-0.3, -0.25) is 9.59 Å². The smallest absolute Gasteiger partial charge is 0.303 e. The molecule has 0 fully saturated rings. The maximum atomic E-state index is 11.1. The number of hydrogen-bond donors (Lipinski definition) is 2. The minimum Gasteiger partial charge on any atom is -0.481 e. The summed E-state index contributed by atoms with van der Waals surface area (Å²) in [5.41, 5.74) is 0. The van der Waals surface area contributed by atoms with E-state index in [0.717, 1.165) is 4.88 Å². The van der Waals surface area contributed by atoms with Gasteiger partial charge in [0.15, 0.2) is 0 Å². The number of carbonyl (C=O) groups is 2. The third-order valence-corrected chi connectivity index (χ3v) is 2.89. The summed E-state index contributed by atoms with van der Waals surface area (Å²) in [6.45, 7) is 0.399. The number of amides is 1. The molecule has 0 aliphatic rings. The number of thiophene rings is 1. The van der Waals surface area contributed by atoms with Gasteiger partial charge in [-0.05, 0) is 12.1 Å². The van der Waals surface area contributed by atoms with E-state index in [1.54, 1.807) is 6.07 Å². The van der Waals surface area contributed by atoms with E-state index in [-0.39, 0.29) is 18.7 Å². The largest absolute Gasteiger partial charge is 0.481 e. The summed E-state index contributed by atoms with van der Waals surface area (Å²) in [7, 11) is 0. The lowest BCUT2D eigenvalue weighted by molar-refractivity contribution is -0.138. The van der Waals surface area contributed by atoms with Crippen LogP contribution in [0.1, 0.15) is 17.7 Å². The number of halogens is 1. The Hall–Kier alpha value is -1.07. The van der Waals surface area contributed by atoms with E-state index in [1.807, 2.05) is 6.07 Å². The maximum Gasteiger partial charge on any atom is 0.303 e. The third-order valence-electron chi connectivity index (χ3n) is 1.65. The molecule has 0 aliphatic carbocycles. The van der Waals surface area contributed by atoms with E-state index in [4.69, 9.17) is 16.7 Å². The average molecular weight is 248 g/mol. The third kappa shape index (κ3) is 4.80. The molecule has 82 valence electrons. The Labute approximate surface area is 95.9 Å². The number of rotatable bonds is 5. The van der Waals surface area contributed by atoms with Crippen LogP contribution in [-0.4, -0.2) is 17.0 Å². The standard InChI is InChI=1S/C9H10ClNO3S/c10-7-2-1-6(15-7)5-11-8(12)3-4-9(13)14/h1-2H,3-5H2,(H,11,12)(H,13,14). The Kier molecular flexibility index (Phi) is 4.58. The van der Waals surface area contributed by atoms with E-state index < -0.39 is 5.97 Å². The zero-order valence-corrected chi connectivity index (χ0v) is 9.40. The first kappa shape index (κ1) is 12.0. The van der Waals surface area contributed by atoms with Gasteiger partial charge in [-0.2, -0.15) is 0 Å². The van der Waals surface area contributed by atoms with Crippen molar-refractivity contribution in [3.05, 3.63) is 21.3 Å². The van der Waals surface area contributed by atoms with E-state index in [2.05, 4.69) is 5.32 Å². The fourth-order valence-electron chi connectivity index (χ4n) is 0.941. The molecule has 0 saturated heterocycles. The number of carboxylic acid groups (broad SMARTS) is 1. The molecule has 1 aromatic rings. The van der Waals surface area contributed by atoms with Gasteiger partial charge >= 0.3 is 5.97 Å². The SMILES string of the molecule is O=C(O)CCC(=O)NCc1ccc(Cl)s1. The van der Waals surface area contributed by atoms with Crippen molar-refractivity contribution in [2.45, 2.75) is 19.4 Å². The van der Waals surface area contributed by atoms with Gasteiger partial charge in [0.25, 0.3) is 0 Å². The highest BCUT2D eigenvalue weighted by atomic mass is 35.5. The van der Waals surface area contributed by atoms with Gasteiger partial charge in [0.2, 0.25) is 5.91 Å². The second-order valence-corrected chi connectivity index (χ2v) is 4.68. The van der Waals surface area contributed by atoms with Gasteiger partial charge in [0.1, 0.15) is 0 Å². The van der Waals surface area contributed by atoms with Crippen molar-refractivity contribution >= 4 is 34.8 Å². The van der Waals surface area contributed by atoms with Crippen molar-refractivity contribution < 1.29 is 14.7 Å². The molecule has 6 heteroatoms. The van der Waals surface area contributed by atoms with Crippen LogP contribution in [0.2, 0.25) is 4.34 Å². The molecule has 0 unspecified atom stereocenters. The van der Waals surface area contributed by atoms with Crippen LogP contribution in [0, 0.1) is 0 Å². The van der Waals surface area contributed by atoms with E-state index in [9.17, 15) is 9.59 Å². The average Bonchev–Trinajstić information content (AvgIpc) is 2.58. The molecule has 1 aromatic heterocycles. The fourth-order valence-corrected chi connectivity index (χ4v) is 1.97. The predicted molar refractivity (Wildman–Crippen MR) is 58.0 cm³/mol. The Morgan fingerprint density at radius 2 is 2.13 bits per heavy atom. The van der Waals surface area contributed by atoms with Crippen LogP contribution in [0.15, 0.2) is 12.1 Å². The lowest BCUT2D eigenvalue weighted by Crippen LogP contribution is -2.22. The van der Waals surface area contributed by atoms with Crippen LogP contribution in [0.3, 0.4) is 0 Å². The number of carbonyl (C=O) groups excluding carboxylic acids is 1. The molecule has 0 spiro atoms. The summed E-state index contributed by atoms with van der Waals surface area (Å²) < 4.78 is 0.671. The lowest BCUT2D eigenvalue weighted by Gasteiger charge is -2.01. The van der Waals surface area contributed by atoms with Crippen LogP contribution < -0.4 is 5.32 Å². The second-order valence-electron chi connectivity index (χ2n) is 2.88. The van der Waals surface area contributed by atoms with Crippen LogP contribution in [-0.2, 0) is 16.1 Å². The molecule has 0 atom stereocenters. The Morgan fingerprint density at radius 3 is 2.67 bits per heavy atom. The summed E-state index contributed by atoms with van der Waals surface area (Å²) in [6, 6.07) is 3.58.